The SMILES string of the molecule is COc1ccc(Cl)cc1C(=O)N1C[C@@H](F)C[C@H]1Cn1cc(C(=O)N(C)C)nn1. The maximum absolute atomic E-state index is 14.1. The summed E-state index contributed by atoms with van der Waals surface area (Å²) in [6.07, 6.45) is 0.521. The number of amides is 2. The number of aromatic nitrogens is 3. The van der Waals surface area contributed by atoms with Crippen LogP contribution < -0.4 is 4.74 Å². The Morgan fingerprint density at radius 2 is 2.14 bits per heavy atom. The van der Waals surface area contributed by atoms with Crippen molar-refractivity contribution in [1.29, 1.82) is 0 Å². The molecule has 1 saturated heterocycles. The minimum absolute atomic E-state index is 0.0304. The van der Waals surface area contributed by atoms with Gasteiger partial charge >= 0.3 is 0 Å². The van der Waals surface area contributed by atoms with E-state index in [-0.39, 0.29) is 42.6 Å². The van der Waals surface area contributed by atoms with Crippen LogP contribution in [0.15, 0.2) is 24.4 Å². The van der Waals surface area contributed by atoms with E-state index in [1.165, 1.54) is 33.9 Å². The Hall–Kier alpha value is -2.68. The van der Waals surface area contributed by atoms with Gasteiger partial charge in [-0.25, -0.2) is 9.07 Å². The average Bonchev–Trinajstić information content (AvgIpc) is 3.27. The Labute approximate surface area is 166 Å². The van der Waals surface area contributed by atoms with Crippen LogP contribution in [0.2, 0.25) is 5.02 Å². The van der Waals surface area contributed by atoms with Crippen molar-refractivity contribution in [2.75, 3.05) is 27.7 Å². The lowest BCUT2D eigenvalue weighted by Gasteiger charge is -2.25. The summed E-state index contributed by atoms with van der Waals surface area (Å²) < 4.78 is 20.8. The summed E-state index contributed by atoms with van der Waals surface area (Å²) in [5, 5.41) is 8.18. The van der Waals surface area contributed by atoms with Gasteiger partial charge in [-0.2, -0.15) is 0 Å². The number of carbonyl (C=O) groups excluding carboxylic acids is 2. The van der Waals surface area contributed by atoms with Gasteiger partial charge in [-0.1, -0.05) is 16.8 Å². The van der Waals surface area contributed by atoms with Crippen molar-refractivity contribution in [3.63, 3.8) is 0 Å². The fraction of sp³-hybridized carbons (Fsp3) is 0.444. The predicted molar refractivity (Wildman–Crippen MR) is 100 cm³/mol. The zero-order valence-corrected chi connectivity index (χ0v) is 16.6. The smallest absolute Gasteiger partial charge is 0.275 e. The molecule has 0 N–H and O–H groups in total. The van der Waals surface area contributed by atoms with Crippen LogP contribution in [0.25, 0.3) is 0 Å². The molecular weight excluding hydrogens is 389 g/mol. The molecule has 28 heavy (non-hydrogen) atoms. The maximum atomic E-state index is 14.1. The van der Waals surface area contributed by atoms with Gasteiger partial charge in [-0.05, 0) is 18.2 Å². The number of halogens is 2. The second kappa shape index (κ2) is 8.14. The third-order valence-corrected chi connectivity index (χ3v) is 4.81. The molecule has 0 saturated carbocycles. The van der Waals surface area contributed by atoms with Crippen molar-refractivity contribution in [3.8, 4) is 5.75 Å². The van der Waals surface area contributed by atoms with Gasteiger partial charge in [0.05, 0.1) is 38.0 Å². The Morgan fingerprint density at radius 1 is 1.39 bits per heavy atom. The van der Waals surface area contributed by atoms with Crippen molar-refractivity contribution in [1.82, 2.24) is 24.8 Å². The summed E-state index contributed by atoms with van der Waals surface area (Å²) in [6, 6.07) is 4.30. The van der Waals surface area contributed by atoms with Crippen LogP contribution in [0.1, 0.15) is 27.3 Å². The van der Waals surface area contributed by atoms with Crippen LogP contribution in [0.5, 0.6) is 5.75 Å². The molecule has 0 aliphatic carbocycles. The second-order valence-corrected chi connectivity index (χ2v) is 7.25. The van der Waals surface area contributed by atoms with E-state index >= 15 is 0 Å². The number of benzene rings is 1. The van der Waals surface area contributed by atoms with Crippen LogP contribution in [-0.4, -0.2) is 76.6 Å². The fourth-order valence-corrected chi connectivity index (χ4v) is 3.39. The quantitative estimate of drug-likeness (QED) is 0.753. The first-order chi connectivity index (χ1) is 13.3. The van der Waals surface area contributed by atoms with Crippen LogP contribution >= 0.6 is 11.6 Å². The summed E-state index contributed by atoms with van der Waals surface area (Å²) in [5.74, 6) is -0.276. The first-order valence-corrected chi connectivity index (χ1v) is 9.08. The van der Waals surface area contributed by atoms with Crippen LogP contribution in [-0.2, 0) is 6.54 Å². The van der Waals surface area contributed by atoms with Crippen molar-refractivity contribution in [2.45, 2.75) is 25.2 Å². The summed E-state index contributed by atoms with van der Waals surface area (Å²) >= 11 is 6.02. The molecule has 0 bridgehead atoms. The van der Waals surface area contributed by atoms with Gasteiger partial charge in [0.2, 0.25) is 0 Å². The highest BCUT2D eigenvalue weighted by Gasteiger charge is 2.37. The Kier molecular flexibility index (Phi) is 5.83. The molecule has 1 aromatic carbocycles. The molecule has 2 heterocycles. The van der Waals surface area contributed by atoms with Crippen molar-refractivity contribution in [2.24, 2.45) is 0 Å². The predicted octanol–water partition coefficient (Wildman–Crippen LogP) is 1.89. The zero-order chi connectivity index (χ0) is 20.4. The van der Waals surface area contributed by atoms with E-state index in [0.29, 0.717) is 10.8 Å². The standard InChI is InChI=1S/C18H21ClFN5O3/c1-23(2)18(27)15-10-24(22-21-15)9-13-7-12(20)8-25(13)17(26)14-6-11(19)4-5-16(14)28-3/h4-6,10,12-13H,7-9H2,1-3H3/t12-,13-/m0/s1. The van der Waals surface area contributed by atoms with Gasteiger partial charge in [0, 0.05) is 25.5 Å². The molecule has 8 nitrogen and oxygen atoms in total. The number of ether oxygens (including phenoxy) is 1. The molecule has 2 atom stereocenters. The normalized spacial score (nSPS) is 19.0. The molecule has 1 aliphatic heterocycles. The fourth-order valence-electron chi connectivity index (χ4n) is 3.21. The van der Waals surface area contributed by atoms with Gasteiger partial charge in [0.25, 0.3) is 11.8 Å². The molecule has 150 valence electrons. The first-order valence-electron chi connectivity index (χ1n) is 8.70. The number of nitrogens with zero attached hydrogens (tertiary/aromatic N) is 5. The molecule has 0 radical (unpaired) electrons. The summed E-state index contributed by atoms with van der Waals surface area (Å²) in [6.45, 7) is 0.195. The molecule has 2 aromatic rings. The highest BCUT2D eigenvalue weighted by molar-refractivity contribution is 6.31. The molecule has 1 aliphatic rings. The molecule has 10 heteroatoms. The lowest BCUT2D eigenvalue weighted by atomic mass is 10.1. The zero-order valence-electron chi connectivity index (χ0n) is 15.8. The molecule has 1 aromatic heterocycles. The topological polar surface area (TPSA) is 80.6 Å². The lowest BCUT2D eigenvalue weighted by molar-refractivity contribution is 0.0710. The van der Waals surface area contributed by atoms with E-state index < -0.39 is 12.2 Å². The number of likely N-dealkylation sites (tertiary alicyclic amines) is 1. The number of rotatable bonds is 5. The third kappa shape index (κ3) is 4.09. The Bertz CT molecular complexity index is 888. The van der Waals surface area contributed by atoms with E-state index in [0.717, 1.165) is 0 Å². The van der Waals surface area contributed by atoms with E-state index in [1.54, 1.807) is 26.2 Å². The molecule has 1 fully saturated rings. The minimum atomic E-state index is -1.15. The monoisotopic (exact) mass is 409 g/mol. The third-order valence-electron chi connectivity index (χ3n) is 4.58. The average molecular weight is 410 g/mol. The second-order valence-electron chi connectivity index (χ2n) is 6.81. The number of methoxy groups -OCH3 is 1. The van der Waals surface area contributed by atoms with Crippen molar-refractivity contribution in [3.05, 3.63) is 40.7 Å². The molecule has 3 rings (SSSR count). The van der Waals surface area contributed by atoms with E-state index in [9.17, 15) is 14.0 Å². The summed E-state index contributed by atoms with van der Waals surface area (Å²) in [4.78, 5) is 27.9. The van der Waals surface area contributed by atoms with Crippen molar-refractivity contribution >= 4 is 23.4 Å². The summed E-state index contributed by atoms with van der Waals surface area (Å²) in [7, 11) is 4.69. The molecule has 0 spiro atoms. The maximum Gasteiger partial charge on any atom is 0.275 e. The molecule has 2 amide bonds. The number of alkyl halides is 1. The van der Waals surface area contributed by atoms with Gasteiger partial charge in [0.15, 0.2) is 5.69 Å². The van der Waals surface area contributed by atoms with E-state index in [4.69, 9.17) is 16.3 Å². The van der Waals surface area contributed by atoms with Crippen molar-refractivity contribution < 1.29 is 18.7 Å². The number of carbonyl (C=O) groups is 2. The van der Waals surface area contributed by atoms with E-state index in [2.05, 4.69) is 10.3 Å². The van der Waals surface area contributed by atoms with Crippen LogP contribution in [0.3, 0.4) is 0 Å². The molecule has 0 unspecified atom stereocenters. The first kappa shape index (κ1) is 20.1. The van der Waals surface area contributed by atoms with Gasteiger partial charge in [-0.15, -0.1) is 5.10 Å². The Morgan fingerprint density at radius 3 is 2.82 bits per heavy atom. The Balaban J connectivity index is 1.81. The van der Waals surface area contributed by atoms with Crippen LogP contribution in [0, 0.1) is 0 Å². The van der Waals surface area contributed by atoms with Gasteiger partial charge in [0.1, 0.15) is 11.9 Å². The lowest BCUT2D eigenvalue weighted by Crippen LogP contribution is -2.38. The van der Waals surface area contributed by atoms with Gasteiger partial charge in [-0.3, -0.25) is 9.59 Å². The highest BCUT2D eigenvalue weighted by Crippen LogP contribution is 2.29. The number of hydrogen-bond acceptors (Lipinski definition) is 5. The largest absolute Gasteiger partial charge is 0.496 e. The highest BCUT2D eigenvalue weighted by atomic mass is 35.5. The van der Waals surface area contributed by atoms with Gasteiger partial charge < -0.3 is 14.5 Å². The molecular formula is C18H21ClFN5O3. The van der Waals surface area contributed by atoms with E-state index in [1.807, 2.05) is 0 Å². The number of hydrogen-bond donors (Lipinski definition) is 0. The minimum Gasteiger partial charge on any atom is -0.496 e. The van der Waals surface area contributed by atoms with Crippen LogP contribution in [0.4, 0.5) is 4.39 Å². The summed E-state index contributed by atoms with van der Waals surface area (Å²) in [5.41, 5.74) is 0.463.